The molecular formula is C16H17Cl2NO3. The van der Waals surface area contributed by atoms with Crippen molar-refractivity contribution in [2.24, 2.45) is 0 Å². The molecule has 1 atom stereocenters. The molecule has 0 saturated heterocycles. The highest BCUT2D eigenvalue weighted by Crippen LogP contribution is 2.32. The van der Waals surface area contributed by atoms with Gasteiger partial charge in [0.2, 0.25) is 0 Å². The van der Waals surface area contributed by atoms with Gasteiger partial charge in [0.25, 0.3) is 0 Å². The second kappa shape index (κ2) is 8.13. The van der Waals surface area contributed by atoms with Gasteiger partial charge in [0.05, 0.1) is 24.1 Å². The van der Waals surface area contributed by atoms with E-state index in [9.17, 15) is 5.11 Å². The first-order chi connectivity index (χ1) is 10.6. The fourth-order valence-corrected chi connectivity index (χ4v) is 2.08. The maximum Gasteiger partial charge on any atom is 0.146 e. The van der Waals surface area contributed by atoms with Crippen LogP contribution in [0.2, 0.25) is 5.02 Å². The Hall–Kier alpha value is -1.62. The summed E-state index contributed by atoms with van der Waals surface area (Å²) in [5, 5.41) is 12.9. The predicted octanol–water partition coefficient (Wildman–Crippen LogP) is 4.15. The zero-order valence-corrected chi connectivity index (χ0v) is 13.6. The van der Waals surface area contributed by atoms with Gasteiger partial charge in [-0.15, -0.1) is 11.6 Å². The smallest absolute Gasteiger partial charge is 0.146 e. The molecule has 0 spiro atoms. The molecule has 2 N–H and O–H groups in total. The number of anilines is 1. The number of methoxy groups -OCH3 is 1. The third-order valence-electron chi connectivity index (χ3n) is 2.94. The summed E-state index contributed by atoms with van der Waals surface area (Å²) in [7, 11) is 1.61. The van der Waals surface area contributed by atoms with Crippen molar-refractivity contribution in [1.29, 1.82) is 0 Å². The van der Waals surface area contributed by atoms with E-state index in [0.717, 1.165) is 11.4 Å². The number of ether oxygens (including phenoxy) is 2. The van der Waals surface area contributed by atoms with Gasteiger partial charge < -0.3 is 19.9 Å². The lowest BCUT2D eigenvalue weighted by Gasteiger charge is -2.12. The number of benzene rings is 2. The zero-order chi connectivity index (χ0) is 15.9. The fraction of sp³-hybridized carbons (Fsp3) is 0.250. The van der Waals surface area contributed by atoms with E-state index in [1.54, 1.807) is 31.4 Å². The Labute approximate surface area is 139 Å². The van der Waals surface area contributed by atoms with Gasteiger partial charge in [-0.3, -0.25) is 0 Å². The van der Waals surface area contributed by atoms with Crippen molar-refractivity contribution in [3.63, 3.8) is 0 Å². The number of nitrogens with one attached hydrogen (secondary N) is 1. The molecule has 0 amide bonds. The summed E-state index contributed by atoms with van der Waals surface area (Å²) in [6, 6.07) is 12.6. The van der Waals surface area contributed by atoms with Gasteiger partial charge in [0.1, 0.15) is 17.2 Å². The quantitative estimate of drug-likeness (QED) is 0.742. The van der Waals surface area contributed by atoms with E-state index in [1.165, 1.54) is 0 Å². The molecule has 2 aromatic carbocycles. The van der Waals surface area contributed by atoms with Crippen molar-refractivity contribution in [2.75, 3.05) is 24.9 Å². The van der Waals surface area contributed by atoms with Crippen LogP contribution in [0.25, 0.3) is 0 Å². The first-order valence-electron chi connectivity index (χ1n) is 6.71. The molecule has 0 aliphatic carbocycles. The number of aliphatic hydroxyl groups excluding tert-OH is 1. The van der Waals surface area contributed by atoms with Gasteiger partial charge in [-0.05, 0) is 42.5 Å². The lowest BCUT2D eigenvalue weighted by atomic mass is 10.2. The number of alkyl halides is 1. The van der Waals surface area contributed by atoms with Crippen molar-refractivity contribution in [2.45, 2.75) is 6.10 Å². The third-order valence-corrected chi connectivity index (χ3v) is 3.59. The highest BCUT2D eigenvalue weighted by Gasteiger charge is 2.06. The number of aliphatic hydroxyl groups is 1. The Kier molecular flexibility index (Phi) is 6.19. The van der Waals surface area contributed by atoms with Gasteiger partial charge in [0, 0.05) is 12.2 Å². The van der Waals surface area contributed by atoms with Crippen molar-refractivity contribution < 1.29 is 14.6 Å². The maximum atomic E-state index is 9.42. The van der Waals surface area contributed by atoms with Crippen LogP contribution in [0.4, 0.5) is 5.69 Å². The summed E-state index contributed by atoms with van der Waals surface area (Å²) in [6.07, 6.45) is -0.601. The Balaban J connectivity index is 2.02. The molecule has 0 heterocycles. The topological polar surface area (TPSA) is 50.7 Å². The largest absolute Gasteiger partial charge is 0.497 e. The average Bonchev–Trinajstić information content (AvgIpc) is 2.55. The molecule has 0 fully saturated rings. The molecule has 4 nitrogen and oxygen atoms in total. The number of hydrogen-bond acceptors (Lipinski definition) is 4. The van der Waals surface area contributed by atoms with Gasteiger partial charge in [-0.2, -0.15) is 0 Å². The van der Waals surface area contributed by atoms with E-state index in [1.807, 2.05) is 18.2 Å². The lowest BCUT2D eigenvalue weighted by molar-refractivity contribution is 0.211. The maximum absolute atomic E-state index is 9.42. The monoisotopic (exact) mass is 341 g/mol. The van der Waals surface area contributed by atoms with Gasteiger partial charge in [-0.25, -0.2) is 0 Å². The fourth-order valence-electron chi connectivity index (χ4n) is 1.75. The van der Waals surface area contributed by atoms with Crippen LogP contribution >= 0.6 is 23.2 Å². The van der Waals surface area contributed by atoms with Gasteiger partial charge in [0.15, 0.2) is 0 Å². The molecule has 0 aliphatic heterocycles. The zero-order valence-electron chi connectivity index (χ0n) is 12.1. The van der Waals surface area contributed by atoms with Crippen molar-refractivity contribution in [3.05, 3.63) is 47.5 Å². The normalized spacial score (nSPS) is 11.8. The molecule has 2 rings (SSSR count). The molecule has 6 heteroatoms. The summed E-state index contributed by atoms with van der Waals surface area (Å²) in [4.78, 5) is 0. The second-order valence-electron chi connectivity index (χ2n) is 4.61. The number of hydrogen-bond donors (Lipinski definition) is 2. The standard InChI is InChI=1S/C16H17Cl2NO3/c1-21-13-3-5-14(6-4-13)22-16-7-2-11(8-15(16)18)19-10-12(20)9-17/h2-8,12,19-20H,9-10H2,1H3. The first kappa shape index (κ1) is 16.7. The molecule has 0 aromatic heterocycles. The summed E-state index contributed by atoms with van der Waals surface area (Å²) >= 11 is 11.8. The highest BCUT2D eigenvalue weighted by atomic mass is 35.5. The van der Waals surface area contributed by atoms with Crippen molar-refractivity contribution in [1.82, 2.24) is 0 Å². The van der Waals surface area contributed by atoms with Crippen LogP contribution in [0.1, 0.15) is 0 Å². The molecule has 0 saturated carbocycles. The van der Waals surface area contributed by atoms with Crippen molar-refractivity contribution >= 4 is 28.9 Å². The summed E-state index contributed by atoms with van der Waals surface area (Å²) in [5.41, 5.74) is 0.788. The molecule has 0 bridgehead atoms. The first-order valence-corrected chi connectivity index (χ1v) is 7.63. The molecule has 0 radical (unpaired) electrons. The van der Waals surface area contributed by atoms with Gasteiger partial charge >= 0.3 is 0 Å². The minimum atomic E-state index is -0.601. The van der Waals surface area contributed by atoms with Crippen LogP contribution in [-0.2, 0) is 0 Å². The lowest BCUT2D eigenvalue weighted by Crippen LogP contribution is -2.20. The summed E-state index contributed by atoms with van der Waals surface area (Å²) in [5.74, 6) is 2.16. The SMILES string of the molecule is COc1ccc(Oc2ccc(NCC(O)CCl)cc2Cl)cc1. The van der Waals surface area contributed by atoms with E-state index in [4.69, 9.17) is 32.7 Å². The minimum absolute atomic E-state index is 0.180. The Morgan fingerprint density at radius 2 is 1.82 bits per heavy atom. The van der Waals surface area contributed by atoms with Crippen LogP contribution in [-0.4, -0.2) is 30.7 Å². The van der Waals surface area contributed by atoms with Crippen LogP contribution < -0.4 is 14.8 Å². The molecule has 2 aromatic rings. The van der Waals surface area contributed by atoms with E-state index < -0.39 is 6.10 Å². The molecule has 22 heavy (non-hydrogen) atoms. The van der Waals surface area contributed by atoms with Gasteiger partial charge in [-0.1, -0.05) is 11.6 Å². The van der Waals surface area contributed by atoms with Crippen molar-refractivity contribution in [3.8, 4) is 17.2 Å². The summed E-state index contributed by atoms with van der Waals surface area (Å²) in [6.45, 7) is 0.360. The number of halogens is 2. The van der Waals surface area contributed by atoms with E-state index in [2.05, 4.69) is 5.32 Å². The van der Waals surface area contributed by atoms with Crippen LogP contribution in [0.3, 0.4) is 0 Å². The molecule has 118 valence electrons. The third kappa shape index (κ3) is 4.70. The number of rotatable bonds is 7. The Morgan fingerprint density at radius 1 is 1.14 bits per heavy atom. The van der Waals surface area contributed by atoms with Crippen LogP contribution in [0.5, 0.6) is 17.2 Å². The van der Waals surface area contributed by atoms with E-state index in [-0.39, 0.29) is 5.88 Å². The van der Waals surface area contributed by atoms with Crippen LogP contribution in [0, 0.1) is 0 Å². The predicted molar refractivity (Wildman–Crippen MR) is 89.7 cm³/mol. The van der Waals surface area contributed by atoms with E-state index >= 15 is 0 Å². The summed E-state index contributed by atoms with van der Waals surface area (Å²) < 4.78 is 10.8. The van der Waals surface area contributed by atoms with E-state index in [0.29, 0.717) is 23.1 Å². The molecule has 1 unspecified atom stereocenters. The second-order valence-corrected chi connectivity index (χ2v) is 5.33. The Bertz CT molecular complexity index is 605. The minimum Gasteiger partial charge on any atom is -0.497 e. The molecular weight excluding hydrogens is 325 g/mol. The molecule has 0 aliphatic rings. The Morgan fingerprint density at radius 3 is 2.41 bits per heavy atom. The highest BCUT2D eigenvalue weighted by molar-refractivity contribution is 6.32. The average molecular weight is 342 g/mol. The van der Waals surface area contributed by atoms with Crippen LogP contribution in [0.15, 0.2) is 42.5 Å².